The third-order valence-electron chi connectivity index (χ3n) is 4.53. The predicted molar refractivity (Wildman–Crippen MR) is 98.3 cm³/mol. The smallest absolute Gasteiger partial charge is 0.220 e. The molecule has 26 heavy (non-hydrogen) atoms. The molecule has 3 rings (SSSR count). The van der Waals surface area contributed by atoms with Gasteiger partial charge in [0.2, 0.25) is 5.91 Å². The van der Waals surface area contributed by atoms with Crippen LogP contribution >= 0.6 is 12.4 Å². The van der Waals surface area contributed by atoms with Gasteiger partial charge in [-0.15, -0.1) is 12.4 Å². The first-order valence-corrected chi connectivity index (χ1v) is 8.48. The van der Waals surface area contributed by atoms with Crippen molar-refractivity contribution >= 4 is 18.3 Å². The summed E-state index contributed by atoms with van der Waals surface area (Å²) < 4.78 is 26.7. The Bertz CT molecular complexity index is 730. The summed E-state index contributed by atoms with van der Waals surface area (Å²) in [7, 11) is 0. The summed E-state index contributed by atoms with van der Waals surface area (Å²) >= 11 is 0. The summed E-state index contributed by atoms with van der Waals surface area (Å²) in [5.41, 5.74) is 1.59. The maximum absolute atomic E-state index is 13.5. The second kappa shape index (κ2) is 9.59. The second-order valence-electron chi connectivity index (χ2n) is 6.27. The van der Waals surface area contributed by atoms with E-state index in [-0.39, 0.29) is 30.3 Å². The van der Waals surface area contributed by atoms with Crippen LogP contribution in [0, 0.1) is 11.6 Å². The van der Waals surface area contributed by atoms with Gasteiger partial charge in [0, 0.05) is 36.8 Å². The zero-order chi connectivity index (χ0) is 17.6. The van der Waals surface area contributed by atoms with Crippen molar-refractivity contribution in [3.8, 4) is 0 Å². The number of nitrogens with one attached hydrogen (secondary N) is 2. The van der Waals surface area contributed by atoms with Crippen molar-refractivity contribution in [3.63, 3.8) is 0 Å². The summed E-state index contributed by atoms with van der Waals surface area (Å²) in [5.74, 6) is -1.80. The number of halogens is 3. The van der Waals surface area contributed by atoms with E-state index in [1.807, 2.05) is 18.2 Å². The van der Waals surface area contributed by atoms with E-state index in [2.05, 4.69) is 15.6 Å². The molecule has 1 saturated heterocycles. The molecule has 2 unspecified atom stereocenters. The lowest BCUT2D eigenvalue weighted by Gasteiger charge is -2.33. The number of carbonyl (C=O) groups is 1. The first-order chi connectivity index (χ1) is 12.1. The minimum Gasteiger partial charge on any atom is -0.351 e. The third kappa shape index (κ3) is 5.22. The fraction of sp³-hybridized carbons (Fsp3) is 0.368. The molecule has 0 spiro atoms. The molecule has 1 aromatic carbocycles. The number of hydrogen-bond acceptors (Lipinski definition) is 3. The van der Waals surface area contributed by atoms with Crippen molar-refractivity contribution in [3.05, 3.63) is 65.5 Å². The van der Waals surface area contributed by atoms with Crippen LogP contribution in [0.2, 0.25) is 0 Å². The highest BCUT2D eigenvalue weighted by Gasteiger charge is 2.28. The molecule has 0 aliphatic carbocycles. The summed E-state index contributed by atoms with van der Waals surface area (Å²) in [5, 5.41) is 6.27. The Morgan fingerprint density at radius 2 is 2.08 bits per heavy atom. The van der Waals surface area contributed by atoms with Crippen molar-refractivity contribution in [1.82, 2.24) is 15.6 Å². The van der Waals surface area contributed by atoms with Gasteiger partial charge >= 0.3 is 0 Å². The Hall–Kier alpha value is -2.05. The van der Waals surface area contributed by atoms with Crippen LogP contribution in [0.3, 0.4) is 0 Å². The van der Waals surface area contributed by atoms with Crippen LogP contribution in [-0.2, 0) is 11.2 Å². The molecule has 7 heteroatoms. The Labute approximate surface area is 157 Å². The molecule has 2 aromatic rings. The van der Waals surface area contributed by atoms with Gasteiger partial charge in [0.25, 0.3) is 0 Å². The maximum Gasteiger partial charge on any atom is 0.220 e. The van der Waals surface area contributed by atoms with Gasteiger partial charge in [-0.2, -0.15) is 0 Å². The van der Waals surface area contributed by atoms with Crippen molar-refractivity contribution < 1.29 is 13.6 Å². The normalized spacial score (nSPS) is 19.5. The lowest BCUT2D eigenvalue weighted by Crippen LogP contribution is -2.50. The average Bonchev–Trinajstić information content (AvgIpc) is 2.64. The van der Waals surface area contributed by atoms with Crippen LogP contribution in [-0.4, -0.2) is 30.0 Å². The third-order valence-corrected chi connectivity index (χ3v) is 4.53. The first kappa shape index (κ1) is 20.3. The number of carbonyl (C=O) groups excluding carboxylic acids is 1. The van der Waals surface area contributed by atoms with Crippen molar-refractivity contribution in [2.75, 3.05) is 13.1 Å². The van der Waals surface area contributed by atoms with Gasteiger partial charge in [-0.3, -0.25) is 9.78 Å². The van der Waals surface area contributed by atoms with Gasteiger partial charge in [0.1, 0.15) is 0 Å². The number of pyridine rings is 1. The molecule has 0 radical (unpaired) electrons. The van der Waals surface area contributed by atoms with Crippen LogP contribution in [0.1, 0.15) is 30.0 Å². The summed E-state index contributed by atoms with van der Waals surface area (Å²) in [6.07, 6.45) is 3.38. The molecular weight excluding hydrogens is 360 g/mol. The highest BCUT2D eigenvalue weighted by atomic mass is 35.5. The summed E-state index contributed by atoms with van der Waals surface area (Å²) in [4.78, 5) is 16.5. The zero-order valence-corrected chi connectivity index (χ0v) is 15.1. The lowest BCUT2D eigenvalue weighted by molar-refractivity contribution is -0.122. The number of hydrogen-bond donors (Lipinski definition) is 2. The topological polar surface area (TPSA) is 54.0 Å². The molecule has 1 aliphatic heterocycles. The van der Waals surface area contributed by atoms with E-state index < -0.39 is 11.6 Å². The van der Waals surface area contributed by atoms with Crippen molar-refractivity contribution in [1.29, 1.82) is 0 Å². The molecule has 2 N–H and O–H groups in total. The van der Waals surface area contributed by atoms with Crippen LogP contribution in [0.4, 0.5) is 8.78 Å². The first-order valence-electron chi connectivity index (χ1n) is 8.48. The fourth-order valence-electron chi connectivity index (χ4n) is 3.22. The van der Waals surface area contributed by atoms with Gasteiger partial charge in [-0.25, -0.2) is 8.78 Å². The minimum absolute atomic E-state index is 0. The predicted octanol–water partition coefficient (Wildman–Crippen LogP) is 2.98. The molecule has 0 bridgehead atoms. The van der Waals surface area contributed by atoms with E-state index in [1.165, 1.54) is 6.07 Å². The Morgan fingerprint density at radius 3 is 2.81 bits per heavy atom. The number of aryl methyl sites for hydroxylation is 1. The van der Waals surface area contributed by atoms with Crippen LogP contribution in [0.15, 0.2) is 42.6 Å². The summed E-state index contributed by atoms with van der Waals surface area (Å²) in [6, 6.07) is 9.45. The minimum atomic E-state index is -0.853. The van der Waals surface area contributed by atoms with Gasteiger partial charge in [-0.05, 0) is 49.2 Å². The van der Waals surface area contributed by atoms with Crippen molar-refractivity contribution in [2.45, 2.75) is 31.2 Å². The Kier molecular flexibility index (Phi) is 7.48. The average molecular weight is 382 g/mol. The van der Waals surface area contributed by atoms with Crippen LogP contribution in [0.25, 0.3) is 0 Å². The standard InChI is InChI=1S/C19H21F2N3O.ClH/c20-16-6-4-13(11-17(16)21)15-8-10-22-12-18(15)24-19(25)7-5-14-3-1-2-9-23-14;/h1-4,6,9,11,15,18,22H,5,7-8,10,12H2,(H,24,25);1H. The lowest BCUT2D eigenvalue weighted by atomic mass is 9.86. The number of rotatable bonds is 5. The zero-order valence-electron chi connectivity index (χ0n) is 14.3. The van der Waals surface area contributed by atoms with E-state index in [1.54, 1.807) is 12.3 Å². The molecule has 1 fully saturated rings. The molecular formula is C19H22ClF2N3O. The number of aromatic nitrogens is 1. The van der Waals surface area contributed by atoms with Crippen molar-refractivity contribution in [2.24, 2.45) is 0 Å². The molecule has 1 aliphatic rings. The van der Waals surface area contributed by atoms with Gasteiger partial charge in [-0.1, -0.05) is 12.1 Å². The van der Waals surface area contributed by atoms with Crippen LogP contribution in [0.5, 0.6) is 0 Å². The number of benzene rings is 1. The number of piperidine rings is 1. The highest BCUT2D eigenvalue weighted by Crippen LogP contribution is 2.27. The van der Waals surface area contributed by atoms with Gasteiger partial charge in [0.15, 0.2) is 11.6 Å². The molecule has 140 valence electrons. The summed E-state index contributed by atoms with van der Waals surface area (Å²) in [6.45, 7) is 1.39. The molecule has 0 saturated carbocycles. The molecule has 2 atom stereocenters. The molecule has 2 heterocycles. The van der Waals surface area contributed by atoms with E-state index in [0.717, 1.165) is 30.3 Å². The largest absolute Gasteiger partial charge is 0.351 e. The molecule has 4 nitrogen and oxygen atoms in total. The highest BCUT2D eigenvalue weighted by molar-refractivity contribution is 5.85. The van der Waals surface area contributed by atoms with Gasteiger partial charge < -0.3 is 10.6 Å². The van der Waals surface area contributed by atoms with E-state index in [4.69, 9.17) is 0 Å². The second-order valence-corrected chi connectivity index (χ2v) is 6.27. The monoisotopic (exact) mass is 381 g/mol. The Morgan fingerprint density at radius 1 is 1.23 bits per heavy atom. The maximum atomic E-state index is 13.5. The fourth-order valence-corrected chi connectivity index (χ4v) is 3.22. The Balaban J connectivity index is 0.00000243. The number of nitrogens with zero attached hydrogens (tertiary/aromatic N) is 1. The quantitative estimate of drug-likeness (QED) is 0.837. The number of amides is 1. The van der Waals surface area contributed by atoms with E-state index in [0.29, 0.717) is 19.4 Å². The SMILES string of the molecule is Cl.O=C(CCc1ccccn1)NC1CNCCC1c1ccc(F)c(F)c1. The molecule has 1 amide bonds. The van der Waals surface area contributed by atoms with E-state index >= 15 is 0 Å². The van der Waals surface area contributed by atoms with Crippen LogP contribution < -0.4 is 10.6 Å². The molecule has 1 aromatic heterocycles. The van der Waals surface area contributed by atoms with E-state index in [9.17, 15) is 13.6 Å². The van der Waals surface area contributed by atoms with Gasteiger partial charge in [0.05, 0.1) is 0 Å².